The second-order valence-electron chi connectivity index (χ2n) is 6.11. The van der Waals surface area contributed by atoms with Gasteiger partial charge in [-0.2, -0.15) is 0 Å². The third-order valence-corrected chi connectivity index (χ3v) is 4.36. The number of benzene rings is 1. The zero-order valence-electron chi connectivity index (χ0n) is 14.1. The Labute approximate surface area is 138 Å². The van der Waals surface area contributed by atoms with Crippen molar-refractivity contribution >= 4 is 15.9 Å². The Hall–Kier alpha value is -1.60. The number of aryl methyl sites for hydroxylation is 2. The number of amides is 2. The minimum Gasteiger partial charge on any atom is -0.387 e. The van der Waals surface area contributed by atoms with Gasteiger partial charge in [0.1, 0.15) is 9.84 Å². The van der Waals surface area contributed by atoms with Crippen molar-refractivity contribution in [3.63, 3.8) is 0 Å². The standard InChI is InChI=1S/C16H26N2O4S/c1-11-7-12(2)9-14(8-11)15(19)10-17-16(20)18-13(3)5-6-23(4,21)22/h7-9,13,15,19H,5-6,10H2,1-4H3,(H2,17,18,20). The summed E-state index contributed by atoms with van der Waals surface area (Å²) in [6.45, 7) is 5.73. The largest absolute Gasteiger partial charge is 0.387 e. The molecule has 2 atom stereocenters. The number of urea groups is 1. The van der Waals surface area contributed by atoms with Crippen LogP contribution in [0.25, 0.3) is 0 Å². The van der Waals surface area contributed by atoms with E-state index in [1.165, 1.54) is 6.26 Å². The number of hydrogen-bond donors (Lipinski definition) is 3. The number of aliphatic hydroxyl groups is 1. The van der Waals surface area contributed by atoms with Crippen LogP contribution in [0.15, 0.2) is 18.2 Å². The fourth-order valence-electron chi connectivity index (χ4n) is 2.25. The number of carbonyl (C=O) groups excluding carboxylic acids is 1. The van der Waals surface area contributed by atoms with Crippen LogP contribution >= 0.6 is 0 Å². The van der Waals surface area contributed by atoms with Crippen LogP contribution in [-0.2, 0) is 9.84 Å². The Bertz CT molecular complexity index is 623. The predicted molar refractivity (Wildman–Crippen MR) is 91.2 cm³/mol. The van der Waals surface area contributed by atoms with Gasteiger partial charge in [-0.05, 0) is 32.8 Å². The van der Waals surface area contributed by atoms with E-state index in [0.29, 0.717) is 6.42 Å². The first kappa shape index (κ1) is 19.4. The molecular weight excluding hydrogens is 316 g/mol. The molecule has 1 rings (SSSR count). The van der Waals surface area contributed by atoms with Crippen molar-refractivity contribution in [3.8, 4) is 0 Å². The topological polar surface area (TPSA) is 95.5 Å². The molecule has 0 saturated carbocycles. The second-order valence-corrected chi connectivity index (χ2v) is 8.37. The van der Waals surface area contributed by atoms with Crippen molar-refractivity contribution in [2.24, 2.45) is 0 Å². The van der Waals surface area contributed by atoms with Crippen LogP contribution in [0, 0.1) is 13.8 Å². The molecule has 0 aromatic heterocycles. The van der Waals surface area contributed by atoms with E-state index in [1.54, 1.807) is 6.92 Å². The Morgan fingerprint density at radius 2 is 1.78 bits per heavy atom. The van der Waals surface area contributed by atoms with Crippen LogP contribution < -0.4 is 10.6 Å². The van der Waals surface area contributed by atoms with Gasteiger partial charge in [0.2, 0.25) is 0 Å². The fourth-order valence-corrected chi connectivity index (χ4v) is 3.03. The van der Waals surface area contributed by atoms with Gasteiger partial charge in [0.05, 0.1) is 11.9 Å². The summed E-state index contributed by atoms with van der Waals surface area (Å²) >= 11 is 0. The van der Waals surface area contributed by atoms with Crippen molar-refractivity contribution in [1.29, 1.82) is 0 Å². The van der Waals surface area contributed by atoms with Crippen LogP contribution in [-0.4, -0.2) is 44.2 Å². The van der Waals surface area contributed by atoms with Gasteiger partial charge in [0.25, 0.3) is 0 Å². The molecule has 0 aliphatic carbocycles. The third kappa shape index (κ3) is 7.99. The third-order valence-electron chi connectivity index (χ3n) is 3.38. The molecule has 0 fully saturated rings. The van der Waals surface area contributed by atoms with Gasteiger partial charge in [0.15, 0.2) is 0 Å². The Morgan fingerprint density at radius 1 is 1.22 bits per heavy atom. The maximum atomic E-state index is 11.8. The first-order valence-corrected chi connectivity index (χ1v) is 9.61. The van der Waals surface area contributed by atoms with E-state index in [9.17, 15) is 18.3 Å². The van der Waals surface area contributed by atoms with Gasteiger partial charge in [-0.25, -0.2) is 13.2 Å². The van der Waals surface area contributed by atoms with E-state index >= 15 is 0 Å². The van der Waals surface area contributed by atoms with Crippen molar-refractivity contribution in [2.45, 2.75) is 39.3 Å². The number of rotatable bonds is 7. The van der Waals surface area contributed by atoms with Crippen molar-refractivity contribution < 1.29 is 18.3 Å². The molecule has 130 valence electrons. The lowest BCUT2D eigenvalue weighted by molar-refractivity contribution is 0.172. The maximum absolute atomic E-state index is 11.8. The zero-order chi connectivity index (χ0) is 17.6. The molecular formula is C16H26N2O4S. The summed E-state index contributed by atoms with van der Waals surface area (Å²) < 4.78 is 22.2. The lowest BCUT2D eigenvalue weighted by Crippen LogP contribution is -2.42. The highest BCUT2D eigenvalue weighted by Gasteiger charge is 2.13. The fraction of sp³-hybridized carbons (Fsp3) is 0.562. The van der Waals surface area contributed by atoms with Crippen molar-refractivity contribution in [2.75, 3.05) is 18.6 Å². The first-order valence-electron chi connectivity index (χ1n) is 7.55. The van der Waals surface area contributed by atoms with Crippen LogP contribution in [0.2, 0.25) is 0 Å². The summed E-state index contributed by atoms with van der Waals surface area (Å²) in [6, 6.07) is 5.09. The molecule has 0 spiro atoms. The predicted octanol–water partition coefficient (Wildman–Crippen LogP) is 1.46. The molecule has 23 heavy (non-hydrogen) atoms. The van der Waals surface area contributed by atoms with Crippen LogP contribution in [0.5, 0.6) is 0 Å². The summed E-state index contributed by atoms with van der Waals surface area (Å²) in [5.41, 5.74) is 2.86. The molecule has 0 heterocycles. The van der Waals surface area contributed by atoms with Gasteiger partial charge >= 0.3 is 6.03 Å². The molecule has 0 saturated heterocycles. The molecule has 2 amide bonds. The summed E-state index contributed by atoms with van der Waals surface area (Å²) in [4.78, 5) is 11.8. The van der Waals surface area contributed by atoms with Gasteiger partial charge in [-0.1, -0.05) is 29.3 Å². The summed E-state index contributed by atoms with van der Waals surface area (Å²) in [6.07, 6.45) is 0.733. The Morgan fingerprint density at radius 3 is 2.30 bits per heavy atom. The van der Waals surface area contributed by atoms with E-state index in [1.807, 2.05) is 32.0 Å². The molecule has 7 heteroatoms. The van der Waals surface area contributed by atoms with Crippen LogP contribution in [0.3, 0.4) is 0 Å². The molecule has 0 aliphatic rings. The molecule has 0 aliphatic heterocycles. The van der Waals surface area contributed by atoms with Gasteiger partial charge in [-0.3, -0.25) is 0 Å². The molecule has 6 nitrogen and oxygen atoms in total. The summed E-state index contributed by atoms with van der Waals surface area (Å²) in [5, 5.41) is 15.4. The second kappa shape index (κ2) is 8.31. The normalized spacial score (nSPS) is 14.1. The smallest absolute Gasteiger partial charge is 0.315 e. The summed E-state index contributed by atoms with van der Waals surface area (Å²) in [7, 11) is -3.04. The van der Waals surface area contributed by atoms with Crippen LogP contribution in [0.1, 0.15) is 36.1 Å². The molecule has 1 aromatic rings. The molecule has 3 N–H and O–H groups in total. The molecule has 2 unspecified atom stereocenters. The number of hydrogen-bond acceptors (Lipinski definition) is 4. The Kier molecular flexibility index (Phi) is 7.02. The lowest BCUT2D eigenvalue weighted by atomic mass is 10.0. The van der Waals surface area contributed by atoms with E-state index < -0.39 is 22.0 Å². The maximum Gasteiger partial charge on any atom is 0.315 e. The highest BCUT2D eigenvalue weighted by Crippen LogP contribution is 2.16. The van der Waals surface area contributed by atoms with Crippen LogP contribution in [0.4, 0.5) is 4.79 Å². The number of nitrogens with one attached hydrogen (secondary N) is 2. The first-order chi connectivity index (χ1) is 10.6. The molecule has 1 aromatic carbocycles. The molecule has 0 bridgehead atoms. The average Bonchev–Trinajstić information content (AvgIpc) is 2.40. The quantitative estimate of drug-likeness (QED) is 0.699. The minimum atomic E-state index is -3.04. The van der Waals surface area contributed by atoms with Crippen molar-refractivity contribution in [3.05, 3.63) is 34.9 Å². The van der Waals surface area contributed by atoms with E-state index in [0.717, 1.165) is 16.7 Å². The van der Waals surface area contributed by atoms with Gasteiger partial charge in [0, 0.05) is 18.8 Å². The van der Waals surface area contributed by atoms with Gasteiger partial charge in [-0.15, -0.1) is 0 Å². The van der Waals surface area contributed by atoms with Gasteiger partial charge < -0.3 is 15.7 Å². The number of carbonyl (C=O) groups is 1. The number of aliphatic hydroxyl groups excluding tert-OH is 1. The van der Waals surface area contributed by atoms with Crippen molar-refractivity contribution in [1.82, 2.24) is 10.6 Å². The SMILES string of the molecule is Cc1cc(C)cc(C(O)CNC(=O)NC(C)CCS(C)(=O)=O)c1. The number of sulfone groups is 1. The van der Waals surface area contributed by atoms with E-state index in [2.05, 4.69) is 10.6 Å². The average molecular weight is 342 g/mol. The highest BCUT2D eigenvalue weighted by atomic mass is 32.2. The summed E-state index contributed by atoms with van der Waals surface area (Å²) in [5.74, 6) is 0.0274. The lowest BCUT2D eigenvalue weighted by Gasteiger charge is -2.17. The minimum absolute atomic E-state index is 0.0274. The highest BCUT2D eigenvalue weighted by molar-refractivity contribution is 7.90. The Balaban J connectivity index is 2.43. The zero-order valence-corrected chi connectivity index (χ0v) is 14.9. The van der Waals surface area contributed by atoms with E-state index in [-0.39, 0.29) is 18.3 Å². The molecule has 0 radical (unpaired) electrons. The monoisotopic (exact) mass is 342 g/mol. The van der Waals surface area contributed by atoms with E-state index in [4.69, 9.17) is 0 Å².